The molecule has 2 unspecified atom stereocenters. The summed E-state index contributed by atoms with van der Waals surface area (Å²) in [6.45, 7) is 0. The summed E-state index contributed by atoms with van der Waals surface area (Å²) in [4.78, 5) is 4.12. The number of nitrogens with zero attached hydrogens (tertiary/aromatic N) is 3. The number of fused-ring (bicyclic) bond motifs is 1. The average Bonchev–Trinajstić information content (AvgIpc) is 3.18. The minimum atomic E-state index is -0.485. The Morgan fingerprint density at radius 2 is 2.00 bits per heavy atom. The van der Waals surface area contributed by atoms with Gasteiger partial charge in [0.25, 0.3) is 0 Å². The molecule has 1 saturated carbocycles. The molecule has 1 aromatic carbocycles. The van der Waals surface area contributed by atoms with E-state index in [0.717, 1.165) is 12.0 Å². The highest BCUT2D eigenvalue weighted by molar-refractivity contribution is 6.29. The molecule has 0 radical (unpaired) electrons. The molecule has 0 bridgehead atoms. The van der Waals surface area contributed by atoms with Crippen molar-refractivity contribution in [1.82, 2.24) is 14.6 Å². The molecule has 100 valence electrons. The first-order valence-electron chi connectivity index (χ1n) is 6.48. The highest BCUT2D eigenvalue weighted by Crippen LogP contribution is 2.55. The molecule has 3 nitrogen and oxygen atoms in total. The number of aromatic nitrogens is 3. The first-order chi connectivity index (χ1) is 9.74. The Hall–Kier alpha value is -1.94. The van der Waals surface area contributed by atoms with Crippen LogP contribution in [0.4, 0.5) is 4.39 Å². The molecule has 0 aliphatic heterocycles. The van der Waals surface area contributed by atoms with Crippen molar-refractivity contribution in [2.75, 3.05) is 0 Å². The van der Waals surface area contributed by atoms with Gasteiger partial charge in [0.2, 0.25) is 5.95 Å². The Morgan fingerprint density at radius 1 is 1.20 bits per heavy atom. The molecule has 3 aromatic rings. The lowest BCUT2D eigenvalue weighted by molar-refractivity contribution is 0.548. The monoisotopic (exact) mass is 287 g/mol. The van der Waals surface area contributed by atoms with Crippen LogP contribution in [-0.2, 0) is 0 Å². The summed E-state index contributed by atoms with van der Waals surface area (Å²) < 4.78 is 14.8. The SMILES string of the molecule is Fc1cnc2c(C3CC3c3ccccc3)cc(Cl)nn12. The largest absolute Gasteiger partial charge is 0.234 e. The van der Waals surface area contributed by atoms with E-state index < -0.39 is 5.95 Å². The minimum absolute atomic E-state index is 0.295. The van der Waals surface area contributed by atoms with E-state index in [1.54, 1.807) is 6.07 Å². The van der Waals surface area contributed by atoms with Gasteiger partial charge in [-0.15, -0.1) is 0 Å². The summed E-state index contributed by atoms with van der Waals surface area (Å²) in [5.41, 5.74) is 2.84. The second-order valence-corrected chi connectivity index (χ2v) is 5.49. The van der Waals surface area contributed by atoms with Crippen molar-refractivity contribution in [3.8, 4) is 0 Å². The van der Waals surface area contributed by atoms with E-state index >= 15 is 0 Å². The maximum Gasteiger partial charge on any atom is 0.234 e. The molecule has 0 spiro atoms. The van der Waals surface area contributed by atoms with E-state index in [9.17, 15) is 4.39 Å². The number of halogens is 2. The number of rotatable bonds is 2. The number of imidazole rings is 1. The van der Waals surface area contributed by atoms with Crippen LogP contribution in [-0.4, -0.2) is 14.6 Å². The van der Waals surface area contributed by atoms with Gasteiger partial charge in [0.1, 0.15) is 0 Å². The zero-order chi connectivity index (χ0) is 13.7. The predicted octanol–water partition coefficient (Wildman–Crippen LogP) is 3.79. The molecule has 1 fully saturated rings. The Labute approximate surface area is 120 Å². The first-order valence-corrected chi connectivity index (χ1v) is 6.86. The van der Waals surface area contributed by atoms with Gasteiger partial charge in [-0.3, -0.25) is 0 Å². The van der Waals surface area contributed by atoms with Crippen LogP contribution in [0.5, 0.6) is 0 Å². The molecule has 2 heterocycles. The molecular weight excluding hydrogens is 277 g/mol. The molecule has 0 N–H and O–H groups in total. The predicted molar refractivity (Wildman–Crippen MR) is 74.5 cm³/mol. The van der Waals surface area contributed by atoms with E-state index in [1.807, 2.05) is 18.2 Å². The highest BCUT2D eigenvalue weighted by atomic mass is 35.5. The van der Waals surface area contributed by atoms with Crippen LogP contribution in [0.15, 0.2) is 42.6 Å². The van der Waals surface area contributed by atoms with Crippen molar-refractivity contribution < 1.29 is 4.39 Å². The smallest absolute Gasteiger partial charge is 0.232 e. The second kappa shape index (κ2) is 4.28. The summed E-state index contributed by atoms with van der Waals surface area (Å²) in [6.07, 6.45) is 2.22. The van der Waals surface area contributed by atoms with Crippen LogP contribution in [0.3, 0.4) is 0 Å². The molecule has 0 amide bonds. The first kappa shape index (κ1) is 11.9. The lowest BCUT2D eigenvalue weighted by Crippen LogP contribution is -1.99. The Kier molecular flexibility index (Phi) is 2.54. The normalized spacial score (nSPS) is 21.3. The number of hydrogen-bond acceptors (Lipinski definition) is 2. The topological polar surface area (TPSA) is 30.2 Å². The maximum atomic E-state index is 13.6. The van der Waals surface area contributed by atoms with Gasteiger partial charge in [-0.1, -0.05) is 41.9 Å². The molecule has 20 heavy (non-hydrogen) atoms. The molecule has 2 aromatic heterocycles. The van der Waals surface area contributed by atoms with Gasteiger partial charge in [-0.2, -0.15) is 14.0 Å². The van der Waals surface area contributed by atoms with Gasteiger partial charge in [-0.25, -0.2) is 4.98 Å². The third kappa shape index (κ3) is 1.79. The van der Waals surface area contributed by atoms with Gasteiger partial charge in [0.05, 0.1) is 6.20 Å². The molecule has 1 aliphatic rings. The molecule has 4 rings (SSSR count). The molecule has 0 saturated heterocycles. The van der Waals surface area contributed by atoms with Crippen molar-refractivity contribution in [3.05, 3.63) is 64.8 Å². The van der Waals surface area contributed by atoms with Crippen LogP contribution in [0.1, 0.15) is 29.4 Å². The summed E-state index contributed by atoms with van der Waals surface area (Å²) in [5, 5.41) is 4.24. The Bertz CT molecular complexity index is 784. The lowest BCUT2D eigenvalue weighted by atomic mass is 10.1. The lowest BCUT2D eigenvalue weighted by Gasteiger charge is -2.04. The minimum Gasteiger partial charge on any atom is -0.232 e. The zero-order valence-corrected chi connectivity index (χ0v) is 11.3. The van der Waals surface area contributed by atoms with Gasteiger partial charge in [-0.05, 0) is 29.9 Å². The fourth-order valence-corrected chi connectivity index (χ4v) is 3.01. The standard InChI is InChI=1S/C15H11ClFN3/c16-13-7-12(15-18-8-14(17)20(15)19-13)11-6-10(11)9-4-2-1-3-5-9/h1-5,7-8,10-11H,6H2. The van der Waals surface area contributed by atoms with Gasteiger partial charge < -0.3 is 0 Å². The Morgan fingerprint density at radius 3 is 2.80 bits per heavy atom. The number of hydrogen-bond donors (Lipinski definition) is 0. The molecule has 2 atom stereocenters. The van der Waals surface area contributed by atoms with Crippen LogP contribution in [0, 0.1) is 5.95 Å². The fraction of sp³-hybridized carbons (Fsp3) is 0.200. The van der Waals surface area contributed by atoms with Crippen molar-refractivity contribution in [1.29, 1.82) is 0 Å². The summed E-state index contributed by atoms with van der Waals surface area (Å²) >= 11 is 5.99. The molecule has 5 heteroatoms. The fourth-order valence-electron chi connectivity index (χ4n) is 2.81. The van der Waals surface area contributed by atoms with Gasteiger partial charge >= 0.3 is 0 Å². The third-order valence-corrected chi connectivity index (χ3v) is 4.03. The highest BCUT2D eigenvalue weighted by Gasteiger charge is 2.41. The molecular formula is C15H11ClFN3. The second-order valence-electron chi connectivity index (χ2n) is 5.10. The van der Waals surface area contributed by atoms with E-state index in [4.69, 9.17) is 11.6 Å². The summed E-state index contributed by atoms with van der Waals surface area (Å²) in [5.74, 6) is 0.307. The van der Waals surface area contributed by atoms with Crippen LogP contribution in [0.2, 0.25) is 5.15 Å². The third-order valence-electron chi connectivity index (χ3n) is 3.84. The molecule has 1 aliphatic carbocycles. The van der Waals surface area contributed by atoms with Crippen molar-refractivity contribution in [2.45, 2.75) is 18.3 Å². The van der Waals surface area contributed by atoms with Crippen molar-refractivity contribution in [2.24, 2.45) is 0 Å². The number of benzene rings is 1. The van der Waals surface area contributed by atoms with Crippen LogP contribution >= 0.6 is 11.6 Å². The van der Waals surface area contributed by atoms with Crippen LogP contribution in [0.25, 0.3) is 5.65 Å². The Balaban J connectivity index is 1.77. The maximum absolute atomic E-state index is 13.6. The summed E-state index contributed by atoms with van der Waals surface area (Å²) in [6, 6.07) is 12.1. The zero-order valence-electron chi connectivity index (χ0n) is 10.5. The van der Waals surface area contributed by atoms with E-state index in [2.05, 4.69) is 22.2 Å². The average molecular weight is 288 g/mol. The van der Waals surface area contributed by atoms with E-state index in [-0.39, 0.29) is 0 Å². The van der Waals surface area contributed by atoms with Crippen molar-refractivity contribution in [3.63, 3.8) is 0 Å². The van der Waals surface area contributed by atoms with E-state index in [1.165, 1.54) is 16.3 Å². The summed E-state index contributed by atoms with van der Waals surface area (Å²) in [7, 11) is 0. The van der Waals surface area contributed by atoms with Crippen LogP contribution < -0.4 is 0 Å². The van der Waals surface area contributed by atoms with E-state index in [0.29, 0.717) is 22.6 Å². The quantitative estimate of drug-likeness (QED) is 0.718. The van der Waals surface area contributed by atoms with Crippen molar-refractivity contribution >= 4 is 17.2 Å². The van der Waals surface area contributed by atoms with Gasteiger partial charge in [0.15, 0.2) is 10.8 Å². The van der Waals surface area contributed by atoms with Gasteiger partial charge in [0, 0.05) is 5.56 Å².